The van der Waals surface area contributed by atoms with Crippen LogP contribution in [0.15, 0.2) is 0 Å². The number of nitrogens with two attached hydrogens (primary N) is 1. The van der Waals surface area contributed by atoms with Crippen LogP contribution in [0, 0.1) is 13.8 Å². The molecule has 2 heterocycles. The number of rotatable bonds is 2. The Morgan fingerprint density at radius 2 is 2.11 bits per heavy atom. The van der Waals surface area contributed by atoms with E-state index in [1.54, 1.807) is 4.68 Å². The number of amides is 1. The van der Waals surface area contributed by atoms with Crippen LogP contribution in [0.5, 0.6) is 0 Å². The molecule has 19 heavy (non-hydrogen) atoms. The number of carbonyl (C=O) groups is 1. The molecule has 0 aromatic carbocycles. The Morgan fingerprint density at radius 3 is 2.63 bits per heavy atom. The van der Waals surface area contributed by atoms with Crippen molar-refractivity contribution in [2.24, 2.45) is 12.8 Å². The number of aryl methyl sites for hydroxylation is 2. The zero-order chi connectivity index (χ0) is 14.2. The van der Waals surface area contributed by atoms with Gasteiger partial charge in [-0.3, -0.25) is 9.48 Å². The Morgan fingerprint density at radius 1 is 1.42 bits per heavy atom. The Kier molecular flexibility index (Phi) is 3.94. The summed E-state index contributed by atoms with van der Waals surface area (Å²) in [5.74, 6) is 0.0887. The number of hydrogen-bond donors (Lipinski definition) is 1. The minimum absolute atomic E-state index is 0.0887. The predicted octanol–water partition coefficient (Wildman–Crippen LogP) is 1.38. The van der Waals surface area contributed by atoms with Crippen LogP contribution in [0.3, 0.4) is 0 Å². The topological polar surface area (TPSA) is 64.2 Å². The number of carbonyl (C=O) groups excluding carboxylic acids is 1. The molecule has 0 radical (unpaired) electrons. The molecule has 106 valence electrons. The highest BCUT2D eigenvalue weighted by molar-refractivity contribution is 5.96. The van der Waals surface area contributed by atoms with Crippen molar-refractivity contribution in [1.29, 1.82) is 0 Å². The third-order valence-corrected chi connectivity index (χ3v) is 4.26. The zero-order valence-electron chi connectivity index (χ0n) is 12.3. The molecule has 0 aliphatic carbocycles. The van der Waals surface area contributed by atoms with Crippen LogP contribution in [0.2, 0.25) is 0 Å². The molecule has 1 saturated heterocycles. The second-order valence-electron chi connectivity index (χ2n) is 5.55. The Labute approximate surface area is 114 Å². The van der Waals surface area contributed by atoms with Crippen molar-refractivity contribution in [3.05, 3.63) is 17.0 Å². The molecule has 2 atom stereocenters. The predicted molar refractivity (Wildman–Crippen MR) is 75.0 cm³/mol. The highest BCUT2D eigenvalue weighted by Crippen LogP contribution is 2.26. The monoisotopic (exact) mass is 264 g/mol. The van der Waals surface area contributed by atoms with Crippen LogP contribution in [0.25, 0.3) is 0 Å². The van der Waals surface area contributed by atoms with Gasteiger partial charge in [-0.2, -0.15) is 5.10 Å². The van der Waals surface area contributed by atoms with Crippen molar-refractivity contribution in [1.82, 2.24) is 14.7 Å². The van der Waals surface area contributed by atoms with Gasteiger partial charge < -0.3 is 10.6 Å². The average Bonchev–Trinajstić information content (AvgIpc) is 2.62. The molecule has 0 bridgehead atoms. The molecule has 0 saturated carbocycles. The van der Waals surface area contributed by atoms with E-state index in [9.17, 15) is 4.79 Å². The smallest absolute Gasteiger partial charge is 0.258 e. The summed E-state index contributed by atoms with van der Waals surface area (Å²) < 4.78 is 1.77. The molecule has 1 aliphatic heterocycles. The number of hydrogen-bond acceptors (Lipinski definition) is 3. The van der Waals surface area contributed by atoms with E-state index in [4.69, 9.17) is 5.73 Å². The van der Waals surface area contributed by atoms with Crippen molar-refractivity contribution in [3.63, 3.8) is 0 Å². The lowest BCUT2D eigenvalue weighted by molar-refractivity contribution is 0.0492. The molecular formula is C14H24N4O. The minimum atomic E-state index is 0.0887. The summed E-state index contributed by atoms with van der Waals surface area (Å²) in [6, 6.07) is 0.420. The molecular weight excluding hydrogens is 240 g/mol. The van der Waals surface area contributed by atoms with Gasteiger partial charge in [0.1, 0.15) is 0 Å². The van der Waals surface area contributed by atoms with Crippen molar-refractivity contribution < 1.29 is 4.79 Å². The molecule has 5 nitrogen and oxygen atoms in total. The second kappa shape index (κ2) is 5.33. The number of nitrogens with zero attached hydrogens (tertiary/aromatic N) is 3. The fraction of sp³-hybridized carbons (Fsp3) is 0.714. The first-order chi connectivity index (χ1) is 8.97. The summed E-state index contributed by atoms with van der Waals surface area (Å²) in [7, 11) is 1.87. The van der Waals surface area contributed by atoms with Crippen LogP contribution in [0.4, 0.5) is 0 Å². The fourth-order valence-electron chi connectivity index (χ4n) is 3.10. The quantitative estimate of drug-likeness (QED) is 0.877. The van der Waals surface area contributed by atoms with Gasteiger partial charge in [0.2, 0.25) is 0 Å². The van der Waals surface area contributed by atoms with Gasteiger partial charge in [0.15, 0.2) is 0 Å². The largest absolute Gasteiger partial charge is 0.332 e. The summed E-state index contributed by atoms with van der Waals surface area (Å²) >= 11 is 0. The molecule has 1 aromatic rings. The molecule has 2 N–H and O–H groups in total. The molecule has 1 fully saturated rings. The Bertz CT molecular complexity index is 480. The van der Waals surface area contributed by atoms with Gasteiger partial charge in [0.05, 0.1) is 11.3 Å². The van der Waals surface area contributed by atoms with E-state index in [1.807, 2.05) is 25.8 Å². The third-order valence-electron chi connectivity index (χ3n) is 4.26. The second-order valence-corrected chi connectivity index (χ2v) is 5.55. The van der Waals surface area contributed by atoms with E-state index < -0.39 is 0 Å². The van der Waals surface area contributed by atoms with Gasteiger partial charge in [-0.05, 0) is 40.0 Å². The van der Waals surface area contributed by atoms with Crippen LogP contribution >= 0.6 is 0 Å². The van der Waals surface area contributed by atoms with Crippen molar-refractivity contribution >= 4 is 5.91 Å². The normalized spacial score (nSPS) is 23.7. The molecule has 1 aromatic heterocycles. The summed E-state index contributed by atoms with van der Waals surface area (Å²) in [6.45, 7) is 6.49. The molecule has 2 unspecified atom stereocenters. The SMILES string of the molecule is Cc1nn(C)c(C)c1C(=O)N1C(C)CCCC1CN. The van der Waals surface area contributed by atoms with Crippen LogP contribution in [-0.4, -0.2) is 39.2 Å². The van der Waals surface area contributed by atoms with E-state index in [-0.39, 0.29) is 18.0 Å². The van der Waals surface area contributed by atoms with Crippen molar-refractivity contribution in [3.8, 4) is 0 Å². The van der Waals surface area contributed by atoms with Gasteiger partial charge in [-0.15, -0.1) is 0 Å². The van der Waals surface area contributed by atoms with Gasteiger partial charge in [0, 0.05) is 31.4 Å². The van der Waals surface area contributed by atoms with E-state index in [0.29, 0.717) is 6.54 Å². The van der Waals surface area contributed by atoms with E-state index in [0.717, 1.165) is 36.2 Å². The standard InChI is InChI=1S/C14H24N4O/c1-9-6-5-7-12(8-15)18(9)14(19)13-10(2)16-17(4)11(13)3/h9,12H,5-8,15H2,1-4H3. The molecule has 1 aliphatic rings. The lowest BCUT2D eigenvalue weighted by Gasteiger charge is -2.40. The zero-order valence-corrected chi connectivity index (χ0v) is 12.3. The van der Waals surface area contributed by atoms with Gasteiger partial charge in [0.25, 0.3) is 5.91 Å². The van der Waals surface area contributed by atoms with Crippen molar-refractivity contribution in [2.75, 3.05) is 6.54 Å². The van der Waals surface area contributed by atoms with E-state index >= 15 is 0 Å². The van der Waals surface area contributed by atoms with E-state index in [2.05, 4.69) is 12.0 Å². The number of piperidine rings is 1. The summed E-state index contributed by atoms with van der Waals surface area (Å²) in [4.78, 5) is 14.8. The van der Waals surface area contributed by atoms with Crippen LogP contribution < -0.4 is 5.73 Å². The fourth-order valence-corrected chi connectivity index (χ4v) is 3.10. The Balaban J connectivity index is 2.36. The number of aromatic nitrogens is 2. The molecule has 5 heteroatoms. The molecule has 1 amide bonds. The maximum atomic E-state index is 12.9. The highest BCUT2D eigenvalue weighted by atomic mass is 16.2. The lowest BCUT2D eigenvalue weighted by atomic mass is 9.95. The minimum Gasteiger partial charge on any atom is -0.332 e. The van der Waals surface area contributed by atoms with Crippen LogP contribution in [0.1, 0.15) is 47.9 Å². The van der Waals surface area contributed by atoms with E-state index in [1.165, 1.54) is 0 Å². The highest BCUT2D eigenvalue weighted by Gasteiger charge is 2.33. The lowest BCUT2D eigenvalue weighted by Crippen LogP contribution is -2.52. The van der Waals surface area contributed by atoms with Gasteiger partial charge in [-0.1, -0.05) is 0 Å². The summed E-state index contributed by atoms with van der Waals surface area (Å²) in [5.41, 5.74) is 8.31. The maximum Gasteiger partial charge on any atom is 0.258 e. The van der Waals surface area contributed by atoms with Crippen molar-refractivity contribution in [2.45, 2.75) is 52.1 Å². The number of likely N-dealkylation sites (tertiary alicyclic amines) is 1. The molecule has 0 spiro atoms. The molecule has 2 rings (SSSR count). The first-order valence-electron chi connectivity index (χ1n) is 7.00. The summed E-state index contributed by atoms with van der Waals surface area (Å²) in [5, 5.41) is 4.34. The summed E-state index contributed by atoms with van der Waals surface area (Å²) in [6.07, 6.45) is 3.21. The third kappa shape index (κ3) is 2.39. The average molecular weight is 264 g/mol. The van der Waals surface area contributed by atoms with Gasteiger partial charge >= 0.3 is 0 Å². The first kappa shape index (κ1) is 14.1. The Hall–Kier alpha value is -1.36. The first-order valence-corrected chi connectivity index (χ1v) is 7.00. The maximum absolute atomic E-state index is 12.9. The van der Waals surface area contributed by atoms with Gasteiger partial charge in [-0.25, -0.2) is 0 Å². The van der Waals surface area contributed by atoms with Crippen LogP contribution in [-0.2, 0) is 7.05 Å².